The number of aromatic nitrogens is 1. The fourth-order valence-corrected chi connectivity index (χ4v) is 3.90. The molecule has 0 spiro atoms. The number of benzene rings is 2. The summed E-state index contributed by atoms with van der Waals surface area (Å²) in [5, 5.41) is 14.8. The molecule has 138 valence electrons. The monoisotopic (exact) mass is 361 g/mol. The van der Waals surface area contributed by atoms with Gasteiger partial charge >= 0.3 is 0 Å². The van der Waals surface area contributed by atoms with Crippen LogP contribution in [0.2, 0.25) is 0 Å². The number of carbonyl (C=O) groups excluding carboxylic acids is 1. The number of phenolic OH excluding ortho intramolecular Hbond substituents is 1. The molecular formula is C22H23N3O2. The van der Waals surface area contributed by atoms with Gasteiger partial charge in [0.15, 0.2) is 0 Å². The number of aryl methyl sites for hydroxylation is 2. The number of para-hydroxylation sites is 1. The number of rotatable bonds is 5. The zero-order valence-corrected chi connectivity index (χ0v) is 15.2. The summed E-state index contributed by atoms with van der Waals surface area (Å²) in [5.74, 6) is 0.0586. The summed E-state index contributed by atoms with van der Waals surface area (Å²) in [7, 11) is 0. The first-order chi connectivity index (χ1) is 13.2. The Morgan fingerprint density at radius 3 is 2.89 bits per heavy atom. The molecule has 0 bridgehead atoms. The summed E-state index contributed by atoms with van der Waals surface area (Å²) in [6.45, 7) is 0.656. The molecule has 0 saturated carbocycles. The maximum absolute atomic E-state index is 12.2. The van der Waals surface area contributed by atoms with E-state index < -0.39 is 0 Å². The summed E-state index contributed by atoms with van der Waals surface area (Å²) in [5.41, 5.74) is 7.38. The van der Waals surface area contributed by atoms with Crippen LogP contribution in [-0.4, -0.2) is 21.8 Å². The Morgan fingerprint density at radius 1 is 1.15 bits per heavy atom. The van der Waals surface area contributed by atoms with Crippen LogP contribution in [0.5, 0.6) is 5.75 Å². The van der Waals surface area contributed by atoms with Gasteiger partial charge in [-0.25, -0.2) is 5.43 Å². The standard InChI is InChI=1S/C22H23N3O2/c26-17-7-5-6-16(14-17)15-23-24-22(27)12-13-25-20-10-3-1-8-18(20)19-9-2-4-11-21(19)25/h1,3,5-8,10,14-15,26H,2,4,9,11-13H2,(H,24,27)/b23-15+. The van der Waals surface area contributed by atoms with E-state index >= 15 is 0 Å². The molecule has 0 aliphatic heterocycles. The molecule has 1 aliphatic rings. The normalized spacial score (nSPS) is 13.8. The number of carbonyl (C=O) groups is 1. The number of hydrogen-bond acceptors (Lipinski definition) is 3. The zero-order valence-electron chi connectivity index (χ0n) is 15.2. The molecule has 5 heteroatoms. The Morgan fingerprint density at radius 2 is 2.00 bits per heavy atom. The van der Waals surface area contributed by atoms with Gasteiger partial charge in [0.1, 0.15) is 5.75 Å². The smallest absolute Gasteiger partial charge is 0.241 e. The van der Waals surface area contributed by atoms with Crippen LogP contribution in [0.4, 0.5) is 0 Å². The second-order valence-electron chi connectivity index (χ2n) is 6.94. The van der Waals surface area contributed by atoms with E-state index in [1.54, 1.807) is 18.2 Å². The molecule has 2 aromatic carbocycles. The Bertz CT molecular complexity index is 1000. The molecule has 0 radical (unpaired) electrons. The van der Waals surface area contributed by atoms with Crippen LogP contribution < -0.4 is 5.43 Å². The van der Waals surface area contributed by atoms with Crippen LogP contribution in [0.3, 0.4) is 0 Å². The molecular weight excluding hydrogens is 338 g/mol. The van der Waals surface area contributed by atoms with E-state index in [9.17, 15) is 9.90 Å². The van der Waals surface area contributed by atoms with Crippen LogP contribution >= 0.6 is 0 Å². The summed E-state index contributed by atoms with van der Waals surface area (Å²) in [6, 6.07) is 15.2. The van der Waals surface area contributed by atoms with Crippen molar-refractivity contribution < 1.29 is 9.90 Å². The predicted octanol–water partition coefficient (Wildman–Crippen LogP) is 3.77. The molecule has 0 saturated heterocycles. The molecule has 0 atom stereocenters. The van der Waals surface area contributed by atoms with E-state index in [1.165, 1.54) is 41.2 Å². The molecule has 27 heavy (non-hydrogen) atoms. The minimum Gasteiger partial charge on any atom is -0.508 e. The van der Waals surface area contributed by atoms with Crippen molar-refractivity contribution >= 4 is 23.0 Å². The summed E-state index contributed by atoms with van der Waals surface area (Å²) in [4.78, 5) is 12.2. The lowest BCUT2D eigenvalue weighted by atomic mass is 9.95. The van der Waals surface area contributed by atoms with E-state index in [0.717, 1.165) is 18.4 Å². The van der Waals surface area contributed by atoms with Crippen LogP contribution in [0.25, 0.3) is 10.9 Å². The lowest BCUT2D eigenvalue weighted by Gasteiger charge is -2.15. The lowest BCUT2D eigenvalue weighted by Crippen LogP contribution is -2.20. The van der Waals surface area contributed by atoms with Crippen LogP contribution in [0.15, 0.2) is 53.6 Å². The second-order valence-corrected chi connectivity index (χ2v) is 6.94. The highest BCUT2D eigenvalue weighted by Gasteiger charge is 2.19. The van der Waals surface area contributed by atoms with Gasteiger partial charge in [-0.15, -0.1) is 0 Å². The van der Waals surface area contributed by atoms with E-state index in [2.05, 4.69) is 39.4 Å². The molecule has 1 aliphatic carbocycles. The third-order valence-electron chi connectivity index (χ3n) is 5.12. The summed E-state index contributed by atoms with van der Waals surface area (Å²) >= 11 is 0. The Kier molecular flexibility index (Phi) is 4.92. The molecule has 3 aromatic rings. The summed E-state index contributed by atoms with van der Waals surface area (Å²) < 4.78 is 2.31. The third kappa shape index (κ3) is 3.72. The molecule has 1 aromatic heterocycles. The number of hydrogen-bond donors (Lipinski definition) is 2. The Balaban J connectivity index is 1.43. The van der Waals surface area contributed by atoms with Crippen molar-refractivity contribution in [2.75, 3.05) is 0 Å². The number of amides is 1. The van der Waals surface area contributed by atoms with Crippen molar-refractivity contribution in [3.8, 4) is 5.75 Å². The first-order valence-electron chi connectivity index (χ1n) is 9.42. The third-order valence-corrected chi connectivity index (χ3v) is 5.12. The van der Waals surface area contributed by atoms with Crippen molar-refractivity contribution in [1.29, 1.82) is 0 Å². The number of nitrogens with zero attached hydrogens (tertiary/aromatic N) is 2. The predicted molar refractivity (Wildman–Crippen MR) is 107 cm³/mol. The highest BCUT2D eigenvalue weighted by atomic mass is 16.3. The Hall–Kier alpha value is -3.08. The van der Waals surface area contributed by atoms with Crippen LogP contribution in [-0.2, 0) is 24.2 Å². The molecule has 5 nitrogen and oxygen atoms in total. The number of phenols is 1. The average Bonchev–Trinajstić information content (AvgIpc) is 3.00. The fraction of sp³-hybridized carbons (Fsp3) is 0.273. The average molecular weight is 361 g/mol. The quantitative estimate of drug-likeness (QED) is 0.537. The first kappa shape index (κ1) is 17.3. The zero-order chi connectivity index (χ0) is 18.6. The SMILES string of the molecule is O=C(CCn1c2c(c3ccccc31)CCCC2)N/N=C/c1cccc(O)c1. The van der Waals surface area contributed by atoms with Gasteiger partial charge in [-0.3, -0.25) is 4.79 Å². The van der Waals surface area contributed by atoms with Gasteiger partial charge in [0, 0.05) is 29.6 Å². The van der Waals surface area contributed by atoms with Gasteiger partial charge < -0.3 is 9.67 Å². The highest BCUT2D eigenvalue weighted by Crippen LogP contribution is 2.32. The maximum atomic E-state index is 12.2. The number of nitrogens with one attached hydrogen (secondary N) is 1. The maximum Gasteiger partial charge on any atom is 0.241 e. The minimum atomic E-state index is -0.117. The molecule has 0 fully saturated rings. The number of fused-ring (bicyclic) bond motifs is 3. The first-order valence-corrected chi connectivity index (χ1v) is 9.42. The van der Waals surface area contributed by atoms with Crippen molar-refractivity contribution in [2.45, 2.75) is 38.6 Å². The molecule has 2 N–H and O–H groups in total. The molecule has 0 unspecified atom stereocenters. The van der Waals surface area contributed by atoms with Gasteiger partial charge in [0.05, 0.1) is 6.21 Å². The molecule has 1 amide bonds. The van der Waals surface area contributed by atoms with Gasteiger partial charge in [0.25, 0.3) is 0 Å². The van der Waals surface area contributed by atoms with E-state index in [4.69, 9.17) is 0 Å². The van der Waals surface area contributed by atoms with Gasteiger partial charge in [0.2, 0.25) is 5.91 Å². The van der Waals surface area contributed by atoms with Gasteiger partial charge in [-0.05, 0) is 55.0 Å². The largest absolute Gasteiger partial charge is 0.508 e. The highest BCUT2D eigenvalue weighted by molar-refractivity contribution is 5.86. The molecule has 1 heterocycles. The fourth-order valence-electron chi connectivity index (χ4n) is 3.90. The van der Waals surface area contributed by atoms with Crippen LogP contribution in [0.1, 0.15) is 36.1 Å². The van der Waals surface area contributed by atoms with Gasteiger partial charge in [-0.2, -0.15) is 5.10 Å². The summed E-state index contributed by atoms with van der Waals surface area (Å²) in [6.07, 6.45) is 6.58. The second kappa shape index (κ2) is 7.66. The Labute approximate surface area is 158 Å². The van der Waals surface area contributed by atoms with Crippen molar-refractivity contribution in [3.63, 3.8) is 0 Å². The number of aromatic hydroxyl groups is 1. The van der Waals surface area contributed by atoms with Crippen LogP contribution in [0, 0.1) is 0 Å². The van der Waals surface area contributed by atoms with Gasteiger partial charge in [-0.1, -0.05) is 30.3 Å². The van der Waals surface area contributed by atoms with Crippen molar-refractivity contribution in [3.05, 3.63) is 65.4 Å². The topological polar surface area (TPSA) is 66.6 Å². The van der Waals surface area contributed by atoms with Crippen molar-refractivity contribution in [2.24, 2.45) is 5.10 Å². The van der Waals surface area contributed by atoms with Crippen molar-refractivity contribution in [1.82, 2.24) is 9.99 Å². The van der Waals surface area contributed by atoms with E-state index in [-0.39, 0.29) is 11.7 Å². The van der Waals surface area contributed by atoms with E-state index in [0.29, 0.717) is 13.0 Å². The molecule has 4 rings (SSSR count). The lowest BCUT2D eigenvalue weighted by molar-refractivity contribution is -0.121. The van der Waals surface area contributed by atoms with E-state index in [1.807, 2.05) is 6.07 Å². The number of hydrazone groups is 1. The minimum absolute atomic E-state index is 0.117.